The zero-order valence-electron chi connectivity index (χ0n) is 15.0. The molecule has 1 amide bonds. The van der Waals surface area contributed by atoms with Crippen LogP contribution >= 0.6 is 0 Å². The van der Waals surface area contributed by atoms with Gasteiger partial charge in [0.15, 0.2) is 0 Å². The third kappa shape index (κ3) is 4.36. The normalized spacial score (nSPS) is 21.1. The molecule has 0 bridgehead atoms. The minimum absolute atomic E-state index is 0.0774. The van der Waals surface area contributed by atoms with Crippen LogP contribution in [0.3, 0.4) is 0 Å². The fourth-order valence-corrected chi connectivity index (χ4v) is 2.86. The van der Waals surface area contributed by atoms with Crippen molar-refractivity contribution in [3.05, 3.63) is 35.9 Å². The van der Waals surface area contributed by atoms with E-state index < -0.39 is 18.0 Å². The van der Waals surface area contributed by atoms with E-state index in [2.05, 4.69) is 0 Å². The number of ether oxygens (including phenoxy) is 1. The molecule has 0 N–H and O–H groups in total. The Labute approximate surface area is 147 Å². The van der Waals surface area contributed by atoms with Crippen LogP contribution in [0.5, 0.6) is 0 Å². The van der Waals surface area contributed by atoms with Crippen LogP contribution in [0.15, 0.2) is 30.3 Å². The Hall–Kier alpha value is -2.41. The van der Waals surface area contributed by atoms with Gasteiger partial charge in [-0.2, -0.15) is 0 Å². The number of benzene rings is 1. The van der Waals surface area contributed by atoms with Gasteiger partial charge in [-0.3, -0.25) is 4.79 Å². The standard InChI is InChI=1S/C18H24N2O5/c1-12(2)16(21)20-13(3)10-19(11-15(20)18(23)24-4)25-17(22)14-8-6-5-7-9-14/h5-9,12-13,15H,10-11H2,1-4H3/t13-,15-/m1/s1. The topological polar surface area (TPSA) is 76.2 Å². The Morgan fingerprint density at radius 3 is 2.32 bits per heavy atom. The van der Waals surface area contributed by atoms with Crippen molar-refractivity contribution in [3.8, 4) is 0 Å². The molecule has 7 nitrogen and oxygen atoms in total. The van der Waals surface area contributed by atoms with Gasteiger partial charge in [-0.25, -0.2) is 9.59 Å². The molecule has 1 fully saturated rings. The lowest BCUT2D eigenvalue weighted by Crippen LogP contribution is -2.63. The van der Waals surface area contributed by atoms with Crippen molar-refractivity contribution < 1.29 is 24.0 Å². The average molecular weight is 348 g/mol. The highest BCUT2D eigenvalue weighted by molar-refractivity contribution is 5.89. The van der Waals surface area contributed by atoms with Gasteiger partial charge in [0.1, 0.15) is 6.04 Å². The summed E-state index contributed by atoms with van der Waals surface area (Å²) in [6.45, 7) is 5.79. The first-order valence-corrected chi connectivity index (χ1v) is 8.27. The summed E-state index contributed by atoms with van der Waals surface area (Å²) in [5.41, 5.74) is 0.422. The van der Waals surface area contributed by atoms with Crippen LogP contribution in [-0.4, -0.2) is 60.1 Å². The van der Waals surface area contributed by atoms with E-state index in [1.165, 1.54) is 17.1 Å². The molecule has 2 rings (SSSR count). The third-order valence-electron chi connectivity index (χ3n) is 4.10. The zero-order valence-corrected chi connectivity index (χ0v) is 15.0. The minimum Gasteiger partial charge on any atom is -0.467 e. The number of methoxy groups -OCH3 is 1. The predicted octanol–water partition coefficient (Wildman–Crippen LogP) is 1.49. The second-order valence-electron chi connectivity index (χ2n) is 6.38. The smallest absolute Gasteiger partial charge is 0.357 e. The molecule has 0 spiro atoms. The number of hydrogen-bond donors (Lipinski definition) is 0. The van der Waals surface area contributed by atoms with Gasteiger partial charge in [0, 0.05) is 12.0 Å². The lowest BCUT2D eigenvalue weighted by Gasteiger charge is -2.43. The zero-order chi connectivity index (χ0) is 18.6. The second-order valence-corrected chi connectivity index (χ2v) is 6.38. The number of rotatable bonds is 4. The summed E-state index contributed by atoms with van der Waals surface area (Å²) in [6.07, 6.45) is 0. The molecular formula is C18H24N2O5. The molecule has 1 aromatic carbocycles. The van der Waals surface area contributed by atoms with Crippen LogP contribution in [0, 0.1) is 5.92 Å². The van der Waals surface area contributed by atoms with Crippen molar-refractivity contribution in [3.63, 3.8) is 0 Å². The number of esters is 1. The number of nitrogens with zero attached hydrogens (tertiary/aromatic N) is 2. The lowest BCUT2D eigenvalue weighted by molar-refractivity contribution is -0.184. The monoisotopic (exact) mass is 348 g/mol. The van der Waals surface area contributed by atoms with Gasteiger partial charge in [-0.1, -0.05) is 32.0 Å². The first-order valence-electron chi connectivity index (χ1n) is 8.27. The Balaban J connectivity index is 2.15. The number of piperazine rings is 1. The van der Waals surface area contributed by atoms with Crippen molar-refractivity contribution in [2.75, 3.05) is 20.2 Å². The second kappa shape index (κ2) is 8.11. The quantitative estimate of drug-likeness (QED) is 0.768. The lowest BCUT2D eigenvalue weighted by atomic mass is 10.0. The highest BCUT2D eigenvalue weighted by Crippen LogP contribution is 2.21. The molecule has 2 atom stereocenters. The molecular weight excluding hydrogens is 324 g/mol. The summed E-state index contributed by atoms with van der Waals surface area (Å²) in [5, 5.41) is 1.42. The van der Waals surface area contributed by atoms with Gasteiger partial charge in [0.05, 0.1) is 25.8 Å². The maximum absolute atomic E-state index is 12.5. The number of hydroxylamine groups is 2. The molecule has 1 saturated heterocycles. The van der Waals surface area contributed by atoms with E-state index in [9.17, 15) is 14.4 Å². The summed E-state index contributed by atoms with van der Waals surface area (Å²) in [5.74, 6) is -1.40. The van der Waals surface area contributed by atoms with Crippen LogP contribution in [0.1, 0.15) is 31.1 Å². The van der Waals surface area contributed by atoms with Crippen molar-refractivity contribution in [2.45, 2.75) is 32.9 Å². The van der Waals surface area contributed by atoms with E-state index in [0.29, 0.717) is 12.1 Å². The van der Waals surface area contributed by atoms with Gasteiger partial charge >= 0.3 is 11.9 Å². The summed E-state index contributed by atoms with van der Waals surface area (Å²) in [4.78, 5) is 43.8. The Morgan fingerprint density at radius 1 is 1.12 bits per heavy atom. The Morgan fingerprint density at radius 2 is 1.76 bits per heavy atom. The Kier molecular flexibility index (Phi) is 6.14. The van der Waals surface area contributed by atoms with Gasteiger partial charge in [0.2, 0.25) is 5.91 Å². The summed E-state index contributed by atoms with van der Waals surface area (Å²) >= 11 is 0. The van der Waals surface area contributed by atoms with Crippen LogP contribution < -0.4 is 0 Å². The predicted molar refractivity (Wildman–Crippen MR) is 90.4 cm³/mol. The van der Waals surface area contributed by atoms with Gasteiger partial charge < -0.3 is 14.5 Å². The fourth-order valence-electron chi connectivity index (χ4n) is 2.86. The maximum Gasteiger partial charge on any atom is 0.357 e. The summed E-state index contributed by atoms with van der Waals surface area (Å²) in [6, 6.07) is 7.50. The number of carbonyl (C=O) groups is 3. The first kappa shape index (κ1) is 18.9. The van der Waals surface area contributed by atoms with E-state index in [1.54, 1.807) is 38.1 Å². The highest BCUT2D eigenvalue weighted by atomic mass is 16.7. The van der Waals surface area contributed by atoms with Gasteiger partial charge in [0.25, 0.3) is 0 Å². The van der Waals surface area contributed by atoms with Crippen LogP contribution in [0.2, 0.25) is 0 Å². The number of amides is 1. The van der Waals surface area contributed by atoms with Crippen LogP contribution in [-0.2, 0) is 19.2 Å². The van der Waals surface area contributed by atoms with Gasteiger partial charge in [-0.05, 0) is 19.1 Å². The molecule has 0 aliphatic carbocycles. The van der Waals surface area contributed by atoms with Crippen molar-refractivity contribution in [2.24, 2.45) is 5.92 Å². The van der Waals surface area contributed by atoms with E-state index in [4.69, 9.17) is 9.57 Å². The Bertz CT molecular complexity index is 632. The molecule has 0 radical (unpaired) electrons. The van der Waals surface area contributed by atoms with Gasteiger partial charge in [-0.15, -0.1) is 5.06 Å². The average Bonchev–Trinajstić information content (AvgIpc) is 2.60. The minimum atomic E-state index is -0.813. The van der Waals surface area contributed by atoms with E-state index in [0.717, 1.165) is 0 Å². The molecule has 1 aliphatic rings. The largest absolute Gasteiger partial charge is 0.467 e. The molecule has 1 aromatic rings. The van der Waals surface area contributed by atoms with E-state index in [-0.39, 0.29) is 24.4 Å². The molecule has 25 heavy (non-hydrogen) atoms. The molecule has 1 heterocycles. The SMILES string of the molecule is COC(=O)[C@H]1CN(OC(=O)c2ccccc2)C[C@@H](C)N1C(=O)C(C)C. The number of hydrogen-bond acceptors (Lipinski definition) is 6. The molecule has 1 aliphatic heterocycles. The van der Waals surface area contributed by atoms with Crippen molar-refractivity contribution in [1.29, 1.82) is 0 Å². The molecule has 7 heteroatoms. The first-order chi connectivity index (χ1) is 11.8. The summed E-state index contributed by atoms with van der Waals surface area (Å²) in [7, 11) is 1.28. The van der Waals surface area contributed by atoms with E-state index >= 15 is 0 Å². The highest BCUT2D eigenvalue weighted by Gasteiger charge is 2.42. The van der Waals surface area contributed by atoms with Crippen LogP contribution in [0.25, 0.3) is 0 Å². The fraction of sp³-hybridized carbons (Fsp3) is 0.500. The van der Waals surface area contributed by atoms with Crippen molar-refractivity contribution in [1.82, 2.24) is 9.96 Å². The molecule has 136 valence electrons. The molecule has 0 aromatic heterocycles. The van der Waals surface area contributed by atoms with E-state index in [1.807, 2.05) is 13.0 Å². The number of carbonyl (C=O) groups excluding carboxylic acids is 3. The third-order valence-corrected chi connectivity index (χ3v) is 4.10. The van der Waals surface area contributed by atoms with Crippen LogP contribution in [0.4, 0.5) is 0 Å². The molecule has 0 unspecified atom stereocenters. The maximum atomic E-state index is 12.5. The summed E-state index contributed by atoms with van der Waals surface area (Å²) < 4.78 is 4.84. The van der Waals surface area contributed by atoms with Crippen molar-refractivity contribution >= 4 is 17.8 Å². The molecule has 0 saturated carbocycles.